The SMILES string of the molecule is COc1ccc(Nc2cncc(C(=O)N(C)Cc3ccccc3)c2)c(OC)c1. The summed E-state index contributed by atoms with van der Waals surface area (Å²) in [6.45, 7) is 0.531. The number of ether oxygens (including phenoxy) is 2. The largest absolute Gasteiger partial charge is 0.497 e. The molecule has 2 aromatic carbocycles. The summed E-state index contributed by atoms with van der Waals surface area (Å²) < 4.78 is 10.6. The lowest BCUT2D eigenvalue weighted by Gasteiger charge is -2.18. The Labute approximate surface area is 164 Å². The van der Waals surface area contributed by atoms with E-state index in [0.717, 1.165) is 11.3 Å². The molecule has 0 aliphatic rings. The molecule has 6 heteroatoms. The number of benzene rings is 2. The van der Waals surface area contributed by atoms with Crippen molar-refractivity contribution >= 4 is 17.3 Å². The van der Waals surface area contributed by atoms with Crippen molar-refractivity contribution in [1.29, 1.82) is 0 Å². The van der Waals surface area contributed by atoms with Crippen LogP contribution in [-0.4, -0.2) is 37.1 Å². The molecule has 0 aliphatic carbocycles. The molecule has 0 spiro atoms. The Morgan fingerprint density at radius 2 is 1.82 bits per heavy atom. The molecule has 0 atom stereocenters. The molecule has 0 aliphatic heterocycles. The monoisotopic (exact) mass is 377 g/mol. The van der Waals surface area contributed by atoms with Crippen LogP contribution in [0.1, 0.15) is 15.9 Å². The van der Waals surface area contributed by atoms with Crippen molar-refractivity contribution in [3.8, 4) is 11.5 Å². The summed E-state index contributed by atoms with van der Waals surface area (Å²) in [6, 6.07) is 17.1. The van der Waals surface area contributed by atoms with Crippen LogP contribution in [0, 0.1) is 0 Å². The van der Waals surface area contributed by atoms with Crippen LogP contribution in [0.3, 0.4) is 0 Å². The zero-order chi connectivity index (χ0) is 19.9. The number of pyridine rings is 1. The van der Waals surface area contributed by atoms with E-state index in [1.165, 1.54) is 0 Å². The van der Waals surface area contributed by atoms with Gasteiger partial charge < -0.3 is 19.7 Å². The molecule has 1 heterocycles. The molecule has 0 bridgehead atoms. The summed E-state index contributed by atoms with van der Waals surface area (Å²) >= 11 is 0. The number of hydrogen-bond acceptors (Lipinski definition) is 5. The average molecular weight is 377 g/mol. The highest BCUT2D eigenvalue weighted by atomic mass is 16.5. The summed E-state index contributed by atoms with van der Waals surface area (Å²) in [4.78, 5) is 18.7. The van der Waals surface area contributed by atoms with Gasteiger partial charge in [0.25, 0.3) is 5.91 Å². The molecule has 1 amide bonds. The van der Waals surface area contributed by atoms with E-state index in [1.807, 2.05) is 42.5 Å². The number of aromatic nitrogens is 1. The predicted molar refractivity (Wildman–Crippen MR) is 109 cm³/mol. The average Bonchev–Trinajstić information content (AvgIpc) is 2.74. The van der Waals surface area contributed by atoms with Crippen LogP contribution in [0.5, 0.6) is 11.5 Å². The first-order valence-electron chi connectivity index (χ1n) is 8.84. The highest BCUT2D eigenvalue weighted by molar-refractivity contribution is 5.94. The molecular weight excluding hydrogens is 354 g/mol. The molecule has 28 heavy (non-hydrogen) atoms. The molecule has 0 radical (unpaired) electrons. The van der Waals surface area contributed by atoms with Gasteiger partial charge in [0.1, 0.15) is 11.5 Å². The maximum Gasteiger partial charge on any atom is 0.255 e. The maximum absolute atomic E-state index is 12.8. The molecule has 3 rings (SSSR count). The second-order valence-electron chi connectivity index (χ2n) is 6.30. The summed E-state index contributed by atoms with van der Waals surface area (Å²) in [7, 11) is 4.98. The molecular formula is C22H23N3O3. The van der Waals surface area contributed by atoms with Gasteiger partial charge in [-0.1, -0.05) is 30.3 Å². The fourth-order valence-corrected chi connectivity index (χ4v) is 2.83. The van der Waals surface area contributed by atoms with E-state index in [1.54, 1.807) is 50.7 Å². The van der Waals surface area contributed by atoms with Crippen LogP contribution in [0.15, 0.2) is 67.0 Å². The summed E-state index contributed by atoms with van der Waals surface area (Å²) in [6.07, 6.45) is 3.23. The fraction of sp³-hybridized carbons (Fsp3) is 0.182. The number of methoxy groups -OCH3 is 2. The van der Waals surface area contributed by atoms with Gasteiger partial charge >= 0.3 is 0 Å². The molecule has 1 aromatic heterocycles. The molecule has 3 aromatic rings. The Morgan fingerprint density at radius 3 is 2.54 bits per heavy atom. The number of carbonyl (C=O) groups is 1. The molecule has 0 saturated carbocycles. The normalized spacial score (nSPS) is 10.2. The highest BCUT2D eigenvalue weighted by Gasteiger charge is 2.14. The smallest absolute Gasteiger partial charge is 0.255 e. The van der Waals surface area contributed by atoms with Gasteiger partial charge in [0.05, 0.1) is 37.4 Å². The molecule has 0 fully saturated rings. The van der Waals surface area contributed by atoms with Gasteiger partial charge in [0.2, 0.25) is 0 Å². The van der Waals surface area contributed by atoms with E-state index in [0.29, 0.717) is 29.3 Å². The lowest BCUT2D eigenvalue weighted by Crippen LogP contribution is -2.26. The van der Waals surface area contributed by atoms with Crippen LogP contribution >= 0.6 is 0 Å². The Balaban J connectivity index is 1.76. The number of anilines is 2. The van der Waals surface area contributed by atoms with Gasteiger partial charge in [0, 0.05) is 25.9 Å². The van der Waals surface area contributed by atoms with Gasteiger partial charge in [-0.3, -0.25) is 9.78 Å². The van der Waals surface area contributed by atoms with Gasteiger partial charge in [-0.2, -0.15) is 0 Å². The molecule has 1 N–H and O–H groups in total. The molecule has 0 saturated heterocycles. The first-order chi connectivity index (χ1) is 13.6. The topological polar surface area (TPSA) is 63.7 Å². The lowest BCUT2D eigenvalue weighted by atomic mass is 10.2. The minimum absolute atomic E-state index is 0.0956. The van der Waals surface area contributed by atoms with E-state index in [2.05, 4.69) is 10.3 Å². The quantitative estimate of drug-likeness (QED) is 0.671. The maximum atomic E-state index is 12.8. The lowest BCUT2D eigenvalue weighted by molar-refractivity contribution is 0.0784. The first-order valence-corrected chi connectivity index (χ1v) is 8.84. The fourth-order valence-electron chi connectivity index (χ4n) is 2.83. The van der Waals surface area contributed by atoms with Crippen molar-refractivity contribution < 1.29 is 14.3 Å². The number of carbonyl (C=O) groups excluding carboxylic acids is 1. The number of hydrogen-bond donors (Lipinski definition) is 1. The number of amides is 1. The van der Waals surface area contributed by atoms with Crippen molar-refractivity contribution in [1.82, 2.24) is 9.88 Å². The third kappa shape index (κ3) is 4.59. The Hall–Kier alpha value is -3.54. The third-order valence-corrected chi connectivity index (χ3v) is 4.28. The van der Waals surface area contributed by atoms with E-state index >= 15 is 0 Å². The van der Waals surface area contributed by atoms with Gasteiger partial charge in [0.15, 0.2) is 0 Å². The van der Waals surface area contributed by atoms with Gasteiger partial charge in [-0.15, -0.1) is 0 Å². The van der Waals surface area contributed by atoms with Crippen molar-refractivity contribution in [2.75, 3.05) is 26.6 Å². The van der Waals surface area contributed by atoms with E-state index in [-0.39, 0.29) is 5.91 Å². The minimum atomic E-state index is -0.0956. The Morgan fingerprint density at radius 1 is 1.04 bits per heavy atom. The Bertz CT molecular complexity index is 945. The van der Waals surface area contributed by atoms with Crippen LogP contribution in [0.4, 0.5) is 11.4 Å². The van der Waals surface area contributed by atoms with E-state index in [9.17, 15) is 4.79 Å². The highest BCUT2D eigenvalue weighted by Crippen LogP contribution is 2.31. The van der Waals surface area contributed by atoms with Crippen LogP contribution in [-0.2, 0) is 6.54 Å². The second-order valence-corrected chi connectivity index (χ2v) is 6.30. The summed E-state index contributed by atoms with van der Waals surface area (Å²) in [5, 5.41) is 3.24. The Kier molecular flexibility index (Phi) is 6.11. The van der Waals surface area contributed by atoms with Crippen LogP contribution < -0.4 is 14.8 Å². The van der Waals surface area contributed by atoms with Crippen LogP contribution in [0.25, 0.3) is 0 Å². The zero-order valence-corrected chi connectivity index (χ0v) is 16.2. The standard InChI is InChI=1S/C22H23N3O3/c1-25(15-16-7-5-4-6-8-16)22(26)17-11-18(14-23-13-17)24-20-10-9-19(27-2)12-21(20)28-3/h4-14,24H,15H2,1-3H3. The first kappa shape index (κ1) is 19.2. The van der Waals surface area contributed by atoms with Crippen molar-refractivity contribution in [3.05, 3.63) is 78.1 Å². The van der Waals surface area contributed by atoms with Crippen molar-refractivity contribution in [2.45, 2.75) is 6.54 Å². The number of nitrogens with one attached hydrogen (secondary N) is 1. The van der Waals surface area contributed by atoms with Gasteiger partial charge in [-0.25, -0.2) is 0 Å². The minimum Gasteiger partial charge on any atom is -0.497 e. The summed E-state index contributed by atoms with van der Waals surface area (Å²) in [5.41, 5.74) is 3.04. The molecule has 0 unspecified atom stereocenters. The van der Waals surface area contributed by atoms with E-state index < -0.39 is 0 Å². The second kappa shape index (κ2) is 8.90. The molecule has 6 nitrogen and oxygen atoms in total. The summed E-state index contributed by atoms with van der Waals surface area (Å²) in [5.74, 6) is 1.24. The molecule has 144 valence electrons. The van der Waals surface area contributed by atoms with Crippen LogP contribution in [0.2, 0.25) is 0 Å². The predicted octanol–water partition coefficient (Wildman–Crippen LogP) is 4.11. The number of rotatable bonds is 7. The van der Waals surface area contributed by atoms with Crippen molar-refractivity contribution in [2.24, 2.45) is 0 Å². The third-order valence-electron chi connectivity index (χ3n) is 4.28. The number of nitrogens with zero attached hydrogens (tertiary/aromatic N) is 2. The van der Waals surface area contributed by atoms with Gasteiger partial charge in [-0.05, 0) is 23.8 Å². The van der Waals surface area contributed by atoms with Crippen molar-refractivity contribution in [3.63, 3.8) is 0 Å². The zero-order valence-electron chi connectivity index (χ0n) is 16.2. The van der Waals surface area contributed by atoms with E-state index in [4.69, 9.17) is 9.47 Å².